The average Bonchev–Trinajstić information content (AvgIpc) is 3.16. The van der Waals surface area contributed by atoms with Crippen LogP contribution in [0.3, 0.4) is 0 Å². The van der Waals surface area contributed by atoms with Crippen molar-refractivity contribution in [3.63, 3.8) is 0 Å². The summed E-state index contributed by atoms with van der Waals surface area (Å²) < 4.78 is 2.15. The van der Waals surface area contributed by atoms with Crippen LogP contribution in [0.25, 0.3) is 0 Å². The van der Waals surface area contributed by atoms with Gasteiger partial charge >= 0.3 is 0 Å². The summed E-state index contributed by atoms with van der Waals surface area (Å²) in [4.78, 5) is 18.0. The van der Waals surface area contributed by atoms with Crippen molar-refractivity contribution in [1.82, 2.24) is 3.93 Å². The second kappa shape index (κ2) is 5.68. The number of fused-ring (bicyclic) bond motifs is 3. The Hall–Kier alpha value is -1.37. The molecule has 4 rings (SSSR count). The van der Waals surface area contributed by atoms with Gasteiger partial charge in [0.1, 0.15) is 0 Å². The Morgan fingerprint density at radius 1 is 1.18 bits per heavy atom. The van der Waals surface area contributed by atoms with Crippen molar-refractivity contribution >= 4 is 44.6 Å². The minimum atomic E-state index is 0.0788. The summed E-state index contributed by atoms with van der Waals surface area (Å²) in [7, 11) is 0. The van der Waals surface area contributed by atoms with Gasteiger partial charge in [-0.1, -0.05) is 18.2 Å². The number of benzene rings is 1. The standard InChI is InChI=1S/C16H16BrN3OS/c17-20-9-4-8-18-12-5-1-2-6-13(12)19(16(18)20)11-14(21)15-7-3-10-22-15/h1-3,5-7,10,16H,4,8-9,11H2. The maximum absolute atomic E-state index is 12.6. The van der Waals surface area contributed by atoms with Crippen molar-refractivity contribution < 1.29 is 4.79 Å². The third kappa shape index (κ3) is 2.26. The smallest absolute Gasteiger partial charge is 0.192 e. The number of anilines is 2. The van der Waals surface area contributed by atoms with Gasteiger partial charge in [0.05, 0.1) is 22.8 Å². The van der Waals surface area contributed by atoms with Crippen LogP contribution in [0.5, 0.6) is 0 Å². The summed E-state index contributed by atoms with van der Waals surface area (Å²) in [6.45, 7) is 2.41. The number of ketones is 1. The molecule has 0 N–H and O–H groups in total. The molecule has 2 aromatic rings. The quantitative estimate of drug-likeness (QED) is 0.603. The Kier molecular flexibility index (Phi) is 3.68. The van der Waals surface area contributed by atoms with Crippen LogP contribution in [0, 0.1) is 0 Å². The molecule has 2 aliphatic rings. The second-order valence-corrected chi connectivity index (χ2v) is 7.39. The fourth-order valence-electron chi connectivity index (χ4n) is 3.25. The van der Waals surface area contributed by atoms with Gasteiger partial charge in [-0.3, -0.25) is 4.79 Å². The first-order valence-corrected chi connectivity index (χ1v) is 8.96. The van der Waals surface area contributed by atoms with Crippen LogP contribution in [0.15, 0.2) is 41.8 Å². The van der Waals surface area contributed by atoms with Crippen molar-refractivity contribution in [2.45, 2.75) is 12.7 Å². The van der Waals surface area contributed by atoms with E-state index in [2.05, 4.69) is 48.1 Å². The van der Waals surface area contributed by atoms with Crippen LogP contribution in [-0.4, -0.2) is 35.6 Å². The molecular weight excluding hydrogens is 362 g/mol. The maximum Gasteiger partial charge on any atom is 0.192 e. The number of para-hydroxylation sites is 2. The minimum absolute atomic E-state index is 0.0788. The summed E-state index contributed by atoms with van der Waals surface area (Å²) in [6.07, 6.45) is 1.19. The number of Topliss-reactive ketones (excluding diaryl/α,β-unsaturated/α-hetero) is 1. The monoisotopic (exact) mass is 377 g/mol. The fourth-order valence-corrected chi connectivity index (χ4v) is 4.60. The molecule has 2 aliphatic heterocycles. The van der Waals surface area contributed by atoms with Crippen LogP contribution >= 0.6 is 27.5 Å². The molecule has 4 nitrogen and oxygen atoms in total. The predicted octanol–water partition coefficient (Wildman–Crippen LogP) is 3.56. The highest BCUT2D eigenvalue weighted by Crippen LogP contribution is 2.42. The highest BCUT2D eigenvalue weighted by molar-refractivity contribution is 9.07. The van der Waals surface area contributed by atoms with Crippen LogP contribution < -0.4 is 9.80 Å². The zero-order valence-corrected chi connectivity index (χ0v) is 14.4. The summed E-state index contributed by atoms with van der Waals surface area (Å²) >= 11 is 5.19. The third-order valence-electron chi connectivity index (χ3n) is 4.19. The highest BCUT2D eigenvalue weighted by Gasteiger charge is 2.41. The number of carbonyl (C=O) groups is 1. The summed E-state index contributed by atoms with van der Waals surface area (Å²) in [5.74, 6) is 0.179. The molecule has 114 valence electrons. The van der Waals surface area contributed by atoms with Gasteiger partial charge in [-0.2, -0.15) is 0 Å². The zero-order valence-electron chi connectivity index (χ0n) is 12.0. The average molecular weight is 378 g/mol. The number of carbonyl (C=O) groups excluding carboxylic acids is 1. The Balaban J connectivity index is 1.68. The van der Waals surface area contributed by atoms with Gasteiger partial charge in [-0.05, 0) is 30.0 Å². The van der Waals surface area contributed by atoms with Crippen LogP contribution in [-0.2, 0) is 0 Å². The van der Waals surface area contributed by atoms with E-state index in [1.54, 1.807) is 0 Å². The van der Waals surface area contributed by atoms with Crippen molar-refractivity contribution in [1.29, 1.82) is 0 Å². The Morgan fingerprint density at radius 2 is 2.00 bits per heavy atom. The number of thiophene rings is 1. The van der Waals surface area contributed by atoms with E-state index in [-0.39, 0.29) is 12.1 Å². The third-order valence-corrected chi connectivity index (χ3v) is 5.82. The first-order valence-electron chi connectivity index (χ1n) is 7.37. The Labute approximate surface area is 142 Å². The topological polar surface area (TPSA) is 26.8 Å². The molecule has 1 fully saturated rings. The lowest BCUT2D eigenvalue weighted by atomic mass is 10.2. The molecule has 1 aromatic heterocycles. The Morgan fingerprint density at radius 3 is 2.77 bits per heavy atom. The number of hydrogen-bond acceptors (Lipinski definition) is 5. The lowest BCUT2D eigenvalue weighted by molar-refractivity contribution is 0.0996. The maximum atomic E-state index is 12.6. The highest BCUT2D eigenvalue weighted by atomic mass is 79.9. The molecule has 0 spiro atoms. The summed E-state index contributed by atoms with van der Waals surface area (Å²) in [5.41, 5.74) is 2.36. The zero-order chi connectivity index (χ0) is 15.1. The van der Waals surface area contributed by atoms with E-state index in [1.807, 2.05) is 23.6 Å². The molecule has 0 radical (unpaired) electrons. The van der Waals surface area contributed by atoms with Crippen molar-refractivity contribution in [3.8, 4) is 0 Å². The van der Waals surface area contributed by atoms with E-state index in [9.17, 15) is 4.79 Å². The number of nitrogens with zero attached hydrogens (tertiary/aromatic N) is 3. The molecule has 1 aromatic carbocycles. The van der Waals surface area contributed by atoms with E-state index in [0.29, 0.717) is 6.54 Å². The first kappa shape index (κ1) is 14.2. The van der Waals surface area contributed by atoms with E-state index >= 15 is 0 Å². The number of rotatable bonds is 3. The van der Waals surface area contributed by atoms with Gasteiger partial charge in [-0.15, -0.1) is 11.3 Å². The summed E-state index contributed by atoms with van der Waals surface area (Å²) in [6, 6.07) is 12.2. The van der Waals surface area contributed by atoms with Crippen molar-refractivity contribution in [3.05, 3.63) is 46.7 Å². The minimum Gasteiger partial charge on any atom is -0.336 e. The van der Waals surface area contributed by atoms with Gasteiger partial charge in [0.15, 0.2) is 12.1 Å². The molecule has 6 heteroatoms. The molecule has 22 heavy (non-hydrogen) atoms. The largest absolute Gasteiger partial charge is 0.336 e. The molecule has 1 saturated heterocycles. The molecular formula is C16H16BrN3OS. The molecule has 0 aliphatic carbocycles. The lowest BCUT2D eigenvalue weighted by Crippen LogP contribution is -2.56. The number of hydrogen-bond donors (Lipinski definition) is 0. The van der Waals surface area contributed by atoms with Gasteiger partial charge in [0.2, 0.25) is 0 Å². The molecule has 1 atom stereocenters. The van der Waals surface area contributed by atoms with E-state index in [4.69, 9.17) is 0 Å². The van der Waals surface area contributed by atoms with Crippen molar-refractivity contribution in [2.75, 3.05) is 29.4 Å². The first-order chi connectivity index (χ1) is 10.8. The van der Waals surface area contributed by atoms with Crippen LogP contribution in [0.1, 0.15) is 16.1 Å². The van der Waals surface area contributed by atoms with E-state index < -0.39 is 0 Å². The molecule has 3 heterocycles. The van der Waals surface area contributed by atoms with E-state index in [1.165, 1.54) is 17.0 Å². The van der Waals surface area contributed by atoms with Crippen molar-refractivity contribution in [2.24, 2.45) is 0 Å². The van der Waals surface area contributed by atoms with Gasteiger partial charge < -0.3 is 9.80 Å². The second-order valence-electron chi connectivity index (χ2n) is 5.53. The Bertz CT molecular complexity index is 690. The lowest BCUT2D eigenvalue weighted by Gasteiger charge is -2.41. The van der Waals surface area contributed by atoms with Crippen LogP contribution in [0.4, 0.5) is 11.4 Å². The van der Waals surface area contributed by atoms with Crippen LogP contribution in [0.2, 0.25) is 0 Å². The predicted molar refractivity (Wildman–Crippen MR) is 93.8 cm³/mol. The molecule has 1 unspecified atom stereocenters. The molecule has 0 amide bonds. The fraction of sp³-hybridized carbons (Fsp3) is 0.312. The SMILES string of the molecule is O=C(CN1c2ccccc2N2CCCN(Br)C21)c1cccs1. The van der Waals surface area contributed by atoms with Gasteiger partial charge in [-0.25, -0.2) is 3.93 Å². The van der Waals surface area contributed by atoms with E-state index in [0.717, 1.165) is 30.1 Å². The number of halogens is 1. The molecule has 0 saturated carbocycles. The van der Waals surface area contributed by atoms with Gasteiger partial charge in [0.25, 0.3) is 0 Å². The summed E-state index contributed by atoms with van der Waals surface area (Å²) in [5, 5.41) is 1.95. The van der Waals surface area contributed by atoms with Gasteiger partial charge in [0, 0.05) is 29.2 Å². The molecule has 0 bridgehead atoms. The normalized spacial score (nSPS) is 20.9.